The number of aliphatic hydroxyl groups is 4. The highest BCUT2D eigenvalue weighted by Gasteiger charge is 2.40. The van der Waals surface area contributed by atoms with Crippen molar-refractivity contribution >= 4 is 41.4 Å². The molecule has 0 radical (unpaired) electrons. The number of hydrogen-bond donors (Lipinski definition) is 10. The van der Waals surface area contributed by atoms with E-state index in [1.807, 2.05) is 0 Å². The van der Waals surface area contributed by atoms with Crippen molar-refractivity contribution in [3.8, 4) is 17.2 Å². The molecular formula is C38H43NO16. The van der Waals surface area contributed by atoms with Crippen molar-refractivity contribution in [1.82, 2.24) is 0 Å². The Balaban J connectivity index is 2.14. The van der Waals surface area contributed by atoms with Crippen LogP contribution in [0.2, 0.25) is 0 Å². The number of aldehydes is 1. The van der Waals surface area contributed by atoms with Crippen molar-refractivity contribution < 1.29 is 79.5 Å². The smallest absolute Gasteiger partial charge is 0.309 e. The van der Waals surface area contributed by atoms with Crippen molar-refractivity contribution in [2.24, 2.45) is 23.7 Å². The summed E-state index contributed by atoms with van der Waals surface area (Å²) in [4.78, 5) is 73.0. The van der Waals surface area contributed by atoms with Crippen LogP contribution in [0.4, 0.5) is 5.69 Å². The quantitative estimate of drug-likeness (QED) is 0.0203. The minimum Gasteiger partial charge on any atom is -0.504 e. The molecular weight excluding hydrogens is 726 g/mol. The van der Waals surface area contributed by atoms with Gasteiger partial charge in [-0.25, -0.2) is 0 Å². The molecule has 1 aliphatic rings. The van der Waals surface area contributed by atoms with E-state index in [1.165, 1.54) is 42.5 Å². The van der Waals surface area contributed by atoms with Crippen LogP contribution in [0.25, 0.3) is 0 Å². The number of carbonyl (C=O) groups is 6. The van der Waals surface area contributed by atoms with Gasteiger partial charge in [0, 0.05) is 49.0 Å². The van der Waals surface area contributed by atoms with Gasteiger partial charge in [0.1, 0.15) is 11.9 Å². The van der Waals surface area contributed by atoms with Crippen LogP contribution in [0, 0.1) is 23.7 Å². The third-order valence-corrected chi connectivity index (χ3v) is 9.11. The van der Waals surface area contributed by atoms with E-state index in [-0.39, 0.29) is 53.7 Å². The summed E-state index contributed by atoms with van der Waals surface area (Å²) in [6.45, 7) is -1.34. The molecule has 0 aromatic heterocycles. The van der Waals surface area contributed by atoms with Gasteiger partial charge in [-0.2, -0.15) is 0 Å². The lowest BCUT2D eigenvalue weighted by molar-refractivity contribution is -0.150. The van der Waals surface area contributed by atoms with Crippen molar-refractivity contribution in [1.29, 1.82) is 0 Å². The number of nitrogens with two attached hydrogens (primary N) is 1. The van der Waals surface area contributed by atoms with E-state index in [4.69, 9.17) is 10.5 Å². The number of hydrogen-bond acceptors (Lipinski definition) is 14. The van der Waals surface area contributed by atoms with E-state index in [0.29, 0.717) is 5.57 Å². The zero-order valence-electron chi connectivity index (χ0n) is 29.3. The molecule has 0 saturated heterocycles. The van der Waals surface area contributed by atoms with Crippen molar-refractivity contribution in [2.45, 2.75) is 50.4 Å². The Kier molecular flexibility index (Phi) is 15.8. The molecule has 7 unspecified atom stereocenters. The second-order valence-electron chi connectivity index (χ2n) is 12.9. The highest BCUT2D eigenvalue weighted by Crippen LogP contribution is 2.40. The molecule has 2 aromatic rings. The number of anilines is 1. The predicted molar refractivity (Wildman–Crippen MR) is 191 cm³/mol. The maximum absolute atomic E-state index is 13.7. The first-order valence-electron chi connectivity index (χ1n) is 16.9. The number of aliphatic carboxylic acids is 3. The fourth-order valence-corrected chi connectivity index (χ4v) is 6.45. The third kappa shape index (κ3) is 11.6. The molecule has 7 atom stereocenters. The average Bonchev–Trinajstić information content (AvgIpc) is 3.13. The molecule has 0 heterocycles. The molecule has 1 aliphatic carbocycles. The van der Waals surface area contributed by atoms with Crippen LogP contribution in [-0.2, 0) is 24.0 Å². The molecule has 11 N–H and O–H groups in total. The average molecular weight is 770 g/mol. The highest BCUT2D eigenvalue weighted by molar-refractivity contribution is 6.08. The Morgan fingerprint density at radius 1 is 0.945 bits per heavy atom. The second kappa shape index (κ2) is 20.0. The number of phenols is 2. The van der Waals surface area contributed by atoms with E-state index in [9.17, 15) is 74.7 Å². The zero-order chi connectivity index (χ0) is 41.0. The van der Waals surface area contributed by atoms with E-state index in [0.717, 1.165) is 18.2 Å². The topological polar surface area (TPSA) is 320 Å². The van der Waals surface area contributed by atoms with E-state index < -0.39 is 109 Å². The Morgan fingerprint density at radius 3 is 2.22 bits per heavy atom. The van der Waals surface area contributed by atoms with E-state index >= 15 is 0 Å². The van der Waals surface area contributed by atoms with Gasteiger partial charge >= 0.3 is 17.9 Å². The van der Waals surface area contributed by atoms with Gasteiger partial charge < -0.3 is 56.4 Å². The molecule has 17 heteroatoms. The summed E-state index contributed by atoms with van der Waals surface area (Å²) in [6, 6.07) is 6.76. The van der Waals surface area contributed by atoms with Gasteiger partial charge in [-0.3, -0.25) is 28.8 Å². The second-order valence-corrected chi connectivity index (χ2v) is 12.9. The number of allylic oxidation sites excluding steroid dienone is 4. The number of phenolic OH excluding ortho intramolecular Hbond substituents is 2. The van der Waals surface area contributed by atoms with Gasteiger partial charge in [0.05, 0.1) is 30.6 Å². The molecule has 0 fully saturated rings. The van der Waals surface area contributed by atoms with Gasteiger partial charge in [0.25, 0.3) is 0 Å². The Labute approximate surface area is 313 Å². The standard InChI is InChI=1S/C38H43NO16/c39-25-14-21(36(51)29(46)18-42)6-9-30(25)55-31(10-11-40)34(20(16-33(49)50)2-1-3-32(47)48)24-13-19(4-7-26(24)43)12-23(17-41)35(38(53)54)37(52)22-5-8-27(44)28(45)15-22/h1-2,4-6,8-9,13-15,18,20,23,29,31,34-35,37,40-41,44-46,52H,3,7,10-12,16-17,39H2,(H,47,48)(H,49,50)(H,53,54)/b2-1+. The number of carboxylic acids is 3. The first-order valence-corrected chi connectivity index (χ1v) is 16.9. The minimum atomic E-state index is -1.96. The Hall–Kier alpha value is -5.88. The highest BCUT2D eigenvalue weighted by atomic mass is 16.5. The minimum absolute atomic E-state index is 0.0248. The van der Waals surface area contributed by atoms with Gasteiger partial charge in [-0.05, 0) is 48.2 Å². The van der Waals surface area contributed by atoms with Crippen LogP contribution in [0.1, 0.15) is 54.1 Å². The number of rotatable bonds is 22. The van der Waals surface area contributed by atoms with Crippen LogP contribution in [0.3, 0.4) is 0 Å². The van der Waals surface area contributed by atoms with Gasteiger partial charge in [0.15, 0.2) is 35.5 Å². The molecule has 0 saturated carbocycles. The Bertz CT molecular complexity index is 1850. The normalized spacial score (nSPS) is 16.8. The van der Waals surface area contributed by atoms with Crippen LogP contribution >= 0.6 is 0 Å². The summed E-state index contributed by atoms with van der Waals surface area (Å²) >= 11 is 0. The molecule has 55 heavy (non-hydrogen) atoms. The first kappa shape index (κ1) is 43.5. The zero-order valence-corrected chi connectivity index (χ0v) is 29.3. The molecule has 0 bridgehead atoms. The maximum Gasteiger partial charge on any atom is 0.309 e. The van der Waals surface area contributed by atoms with Crippen LogP contribution in [-0.4, -0.2) is 107 Å². The number of ether oxygens (including phenoxy) is 1. The van der Waals surface area contributed by atoms with Gasteiger partial charge in [-0.15, -0.1) is 0 Å². The fraction of sp³-hybridized carbons (Fsp3) is 0.368. The predicted octanol–water partition coefficient (Wildman–Crippen LogP) is 1.55. The number of carboxylic acid groups (broad SMARTS) is 3. The molecule has 0 spiro atoms. The van der Waals surface area contributed by atoms with Crippen molar-refractivity contribution in [2.75, 3.05) is 18.9 Å². The SMILES string of the molecule is Nc1cc(C(=O)C(O)C=O)ccc1OC(CCO)C(C1=CC(CC(CO)C(C(=O)O)C(O)c2ccc(O)c(O)c2)=CCC1=O)C(/C=C/CC(=O)O)CC(=O)O. The lowest BCUT2D eigenvalue weighted by Gasteiger charge is -2.35. The number of Topliss-reactive ketones (excluding diaryl/α,β-unsaturated/α-hetero) is 2. The molecule has 2 aromatic carbocycles. The van der Waals surface area contributed by atoms with Crippen molar-refractivity contribution in [3.63, 3.8) is 0 Å². The molecule has 3 rings (SSSR count). The Morgan fingerprint density at radius 2 is 1.65 bits per heavy atom. The summed E-state index contributed by atoms with van der Waals surface area (Å²) in [7, 11) is 0. The molecule has 17 nitrogen and oxygen atoms in total. The summed E-state index contributed by atoms with van der Waals surface area (Å²) in [5.41, 5.74) is 6.02. The number of aliphatic hydroxyl groups excluding tert-OH is 4. The number of carbonyl (C=O) groups excluding carboxylic acids is 3. The third-order valence-electron chi connectivity index (χ3n) is 9.11. The van der Waals surface area contributed by atoms with Gasteiger partial charge in [-0.1, -0.05) is 35.9 Å². The summed E-state index contributed by atoms with van der Waals surface area (Å²) in [6.07, 6.45) is -1.62. The fourth-order valence-electron chi connectivity index (χ4n) is 6.45. The molecule has 296 valence electrons. The maximum atomic E-state index is 13.7. The summed E-state index contributed by atoms with van der Waals surface area (Å²) in [5, 5.41) is 90.1. The number of ketones is 2. The largest absolute Gasteiger partial charge is 0.504 e. The summed E-state index contributed by atoms with van der Waals surface area (Å²) in [5.74, 6) is -12.1. The number of benzene rings is 2. The lowest BCUT2D eigenvalue weighted by Crippen LogP contribution is -2.38. The lowest BCUT2D eigenvalue weighted by atomic mass is 9.73. The summed E-state index contributed by atoms with van der Waals surface area (Å²) < 4.78 is 6.19. The molecule has 0 aliphatic heterocycles. The van der Waals surface area contributed by atoms with Crippen LogP contribution < -0.4 is 10.5 Å². The van der Waals surface area contributed by atoms with Crippen LogP contribution in [0.5, 0.6) is 17.2 Å². The number of nitrogen functional groups attached to an aromatic ring is 1. The monoisotopic (exact) mass is 769 g/mol. The van der Waals surface area contributed by atoms with E-state index in [2.05, 4.69) is 0 Å². The molecule has 0 amide bonds. The van der Waals surface area contributed by atoms with Gasteiger partial charge in [0.2, 0.25) is 0 Å². The van der Waals surface area contributed by atoms with Crippen LogP contribution in [0.15, 0.2) is 71.8 Å². The number of aromatic hydroxyl groups is 2. The first-order chi connectivity index (χ1) is 26.0. The van der Waals surface area contributed by atoms with E-state index in [1.54, 1.807) is 0 Å². The van der Waals surface area contributed by atoms with Crippen molar-refractivity contribution in [3.05, 3.63) is 83.0 Å².